The Morgan fingerprint density at radius 1 is 1.37 bits per heavy atom. The fraction of sp³-hybridized carbons (Fsp3) is 0.500. The molecule has 0 aliphatic heterocycles. The molecular weight excluding hydrogens is 248 g/mol. The summed E-state index contributed by atoms with van der Waals surface area (Å²) in [6.07, 6.45) is 3.71. The van der Waals surface area contributed by atoms with Crippen LogP contribution in [0.3, 0.4) is 0 Å². The molecule has 0 saturated carbocycles. The van der Waals surface area contributed by atoms with Crippen molar-refractivity contribution >= 4 is 11.6 Å². The molecule has 0 aromatic carbocycles. The molecule has 7 nitrogen and oxygen atoms in total. The highest BCUT2D eigenvalue weighted by Gasteiger charge is 2.21. The van der Waals surface area contributed by atoms with E-state index >= 15 is 0 Å². The largest absolute Gasteiger partial charge is 0.460 e. The number of ether oxygens (including phenoxy) is 1. The smallest absolute Gasteiger partial charge is 0.375 e. The Labute approximate surface area is 108 Å². The number of nitrogens with zero attached hydrogens (tertiary/aromatic N) is 3. The second-order valence-corrected chi connectivity index (χ2v) is 4.48. The van der Waals surface area contributed by atoms with E-state index in [0.29, 0.717) is 5.65 Å². The zero-order chi connectivity index (χ0) is 13.4. The van der Waals surface area contributed by atoms with Gasteiger partial charge in [-0.1, -0.05) is 0 Å². The van der Waals surface area contributed by atoms with Gasteiger partial charge in [0.2, 0.25) is 5.82 Å². The average molecular weight is 262 g/mol. The predicted molar refractivity (Wildman–Crippen MR) is 66.2 cm³/mol. The van der Waals surface area contributed by atoms with Crippen molar-refractivity contribution < 1.29 is 9.53 Å². The van der Waals surface area contributed by atoms with Crippen molar-refractivity contribution in [2.75, 3.05) is 6.61 Å². The third-order valence-electron chi connectivity index (χ3n) is 3.25. The zero-order valence-electron chi connectivity index (χ0n) is 10.6. The fourth-order valence-corrected chi connectivity index (χ4v) is 2.39. The molecule has 2 aromatic rings. The van der Waals surface area contributed by atoms with Gasteiger partial charge >= 0.3 is 11.7 Å². The molecular formula is C12H14N4O3. The van der Waals surface area contributed by atoms with Gasteiger partial charge in [0, 0.05) is 5.56 Å². The van der Waals surface area contributed by atoms with E-state index < -0.39 is 11.7 Å². The number of hydrogen-bond donors (Lipinski definition) is 1. The molecule has 0 unspecified atom stereocenters. The first-order valence-corrected chi connectivity index (χ1v) is 6.38. The first kappa shape index (κ1) is 11.9. The van der Waals surface area contributed by atoms with Crippen LogP contribution in [0.15, 0.2) is 4.79 Å². The van der Waals surface area contributed by atoms with Crippen LogP contribution in [0.2, 0.25) is 0 Å². The molecule has 100 valence electrons. The Hall–Kier alpha value is -2.18. The summed E-state index contributed by atoms with van der Waals surface area (Å²) in [6.45, 7) is 1.98. The summed E-state index contributed by atoms with van der Waals surface area (Å²) < 4.78 is 6.09. The normalized spacial score (nSPS) is 14.4. The fourth-order valence-electron chi connectivity index (χ4n) is 2.39. The monoisotopic (exact) mass is 262 g/mol. The zero-order valence-corrected chi connectivity index (χ0v) is 10.6. The topological polar surface area (TPSA) is 89.3 Å². The number of aromatic amines is 1. The summed E-state index contributed by atoms with van der Waals surface area (Å²) in [4.78, 5) is 31.8. The third kappa shape index (κ3) is 1.91. The van der Waals surface area contributed by atoms with E-state index in [1.54, 1.807) is 6.92 Å². The minimum absolute atomic E-state index is 0.0414. The minimum Gasteiger partial charge on any atom is -0.460 e. The van der Waals surface area contributed by atoms with Crippen LogP contribution in [0.1, 0.15) is 41.6 Å². The quantitative estimate of drug-likeness (QED) is 0.795. The van der Waals surface area contributed by atoms with Gasteiger partial charge in [0.1, 0.15) is 0 Å². The molecule has 7 heteroatoms. The summed E-state index contributed by atoms with van der Waals surface area (Å²) in [7, 11) is 0. The van der Waals surface area contributed by atoms with Crippen LogP contribution in [0, 0.1) is 0 Å². The van der Waals surface area contributed by atoms with Crippen molar-refractivity contribution in [3.63, 3.8) is 0 Å². The highest BCUT2D eigenvalue weighted by molar-refractivity contribution is 5.85. The number of hydrogen-bond acceptors (Lipinski definition) is 5. The Morgan fingerprint density at radius 2 is 2.16 bits per heavy atom. The number of H-pyrrole nitrogens is 1. The van der Waals surface area contributed by atoms with Crippen LogP contribution in [-0.2, 0) is 17.6 Å². The summed E-state index contributed by atoms with van der Waals surface area (Å²) >= 11 is 0. The van der Waals surface area contributed by atoms with Crippen LogP contribution >= 0.6 is 0 Å². The van der Waals surface area contributed by atoms with Crippen LogP contribution in [0.5, 0.6) is 0 Å². The van der Waals surface area contributed by atoms with Gasteiger partial charge in [-0.25, -0.2) is 14.6 Å². The van der Waals surface area contributed by atoms with Crippen molar-refractivity contribution in [2.24, 2.45) is 0 Å². The predicted octanol–water partition coefficient (Wildman–Crippen LogP) is 0.473. The molecule has 1 aliphatic carbocycles. The van der Waals surface area contributed by atoms with E-state index in [0.717, 1.165) is 36.9 Å². The van der Waals surface area contributed by atoms with Crippen LogP contribution in [0.25, 0.3) is 5.65 Å². The van der Waals surface area contributed by atoms with Crippen molar-refractivity contribution in [2.45, 2.75) is 32.6 Å². The van der Waals surface area contributed by atoms with Gasteiger partial charge in [0.25, 0.3) is 0 Å². The molecule has 0 saturated heterocycles. The summed E-state index contributed by atoms with van der Waals surface area (Å²) in [5.74, 6) is -0.519. The molecule has 0 amide bonds. The summed E-state index contributed by atoms with van der Waals surface area (Å²) in [5.41, 5.74) is 1.83. The van der Waals surface area contributed by atoms with E-state index in [-0.39, 0.29) is 12.4 Å². The highest BCUT2D eigenvalue weighted by Crippen LogP contribution is 2.21. The highest BCUT2D eigenvalue weighted by atomic mass is 16.5. The van der Waals surface area contributed by atoms with Gasteiger partial charge in [-0.2, -0.15) is 9.50 Å². The maximum Gasteiger partial charge on any atom is 0.375 e. The lowest BCUT2D eigenvalue weighted by Crippen LogP contribution is -2.23. The molecule has 0 fully saturated rings. The maximum atomic E-state index is 11.9. The average Bonchev–Trinajstić information content (AvgIpc) is 2.85. The third-order valence-corrected chi connectivity index (χ3v) is 3.25. The van der Waals surface area contributed by atoms with Crippen LogP contribution < -0.4 is 5.69 Å². The number of carbonyl (C=O) groups excluding carboxylic acids is 1. The van der Waals surface area contributed by atoms with Gasteiger partial charge in [-0.05, 0) is 32.6 Å². The van der Waals surface area contributed by atoms with Crippen LogP contribution in [0.4, 0.5) is 0 Å². The Bertz CT molecular complexity index is 701. The van der Waals surface area contributed by atoms with Crippen molar-refractivity contribution in [3.8, 4) is 0 Å². The lowest BCUT2D eigenvalue weighted by molar-refractivity contribution is 0.0512. The van der Waals surface area contributed by atoms with Gasteiger partial charge < -0.3 is 4.74 Å². The Balaban J connectivity index is 2.19. The molecule has 0 spiro atoms. The number of fused-ring (bicyclic) bond motifs is 3. The van der Waals surface area contributed by atoms with Crippen molar-refractivity contribution in [3.05, 3.63) is 27.6 Å². The number of aryl methyl sites for hydroxylation is 2. The standard InChI is InChI=1S/C12H14N4O3/c1-2-19-11(17)9-14-10-7-5-3-4-6-8(7)13-12(18)16(10)15-9/h2-6H2,1H3,(H,14,15). The number of carbonyl (C=O) groups is 1. The second-order valence-electron chi connectivity index (χ2n) is 4.48. The van der Waals surface area contributed by atoms with Crippen molar-refractivity contribution in [1.29, 1.82) is 0 Å². The molecule has 1 N–H and O–H groups in total. The van der Waals surface area contributed by atoms with Crippen LogP contribution in [-0.4, -0.2) is 32.2 Å². The number of esters is 1. The molecule has 0 atom stereocenters. The molecule has 1 aliphatic rings. The van der Waals surface area contributed by atoms with E-state index in [2.05, 4.69) is 15.1 Å². The molecule has 0 radical (unpaired) electrons. The SMILES string of the molecule is CCOC(=O)c1nc2c3c(nc(=O)n2[nH]1)CCCC3. The molecule has 19 heavy (non-hydrogen) atoms. The van der Waals surface area contributed by atoms with E-state index in [4.69, 9.17) is 4.74 Å². The lowest BCUT2D eigenvalue weighted by atomic mass is 9.97. The van der Waals surface area contributed by atoms with E-state index in [1.165, 1.54) is 4.52 Å². The molecule has 3 rings (SSSR count). The van der Waals surface area contributed by atoms with Gasteiger partial charge in [0.15, 0.2) is 5.65 Å². The van der Waals surface area contributed by atoms with Crippen molar-refractivity contribution in [1.82, 2.24) is 19.6 Å². The number of aromatic nitrogens is 4. The number of nitrogens with one attached hydrogen (secondary N) is 1. The van der Waals surface area contributed by atoms with Gasteiger partial charge in [0.05, 0.1) is 12.3 Å². The lowest BCUT2D eigenvalue weighted by Gasteiger charge is -2.13. The molecule has 2 heterocycles. The Kier molecular flexibility index (Phi) is 2.81. The minimum atomic E-state index is -0.560. The molecule has 0 bridgehead atoms. The van der Waals surface area contributed by atoms with Gasteiger partial charge in [-0.15, -0.1) is 0 Å². The Morgan fingerprint density at radius 3 is 2.95 bits per heavy atom. The van der Waals surface area contributed by atoms with Gasteiger partial charge in [-0.3, -0.25) is 5.10 Å². The first-order valence-electron chi connectivity index (χ1n) is 6.38. The van der Waals surface area contributed by atoms with E-state index in [9.17, 15) is 9.59 Å². The maximum absolute atomic E-state index is 11.9. The number of rotatable bonds is 2. The first-order chi connectivity index (χ1) is 9.20. The second kappa shape index (κ2) is 4.49. The summed E-state index contributed by atoms with van der Waals surface area (Å²) in [6, 6.07) is 0. The van der Waals surface area contributed by atoms with E-state index in [1.807, 2.05) is 0 Å². The summed E-state index contributed by atoms with van der Waals surface area (Å²) in [5, 5.41) is 2.65. The molecule has 2 aromatic heterocycles.